The average molecular weight is 533 g/mol. The van der Waals surface area contributed by atoms with E-state index >= 15 is 0 Å². The van der Waals surface area contributed by atoms with Crippen molar-refractivity contribution in [3.8, 4) is 16.9 Å². The van der Waals surface area contributed by atoms with Gasteiger partial charge in [-0.3, -0.25) is 9.36 Å². The maximum absolute atomic E-state index is 13.3. The van der Waals surface area contributed by atoms with E-state index in [0.29, 0.717) is 27.9 Å². The molecule has 0 aliphatic carbocycles. The molecular weight excluding hydrogens is 508 g/mol. The van der Waals surface area contributed by atoms with Gasteiger partial charge in [-0.25, -0.2) is 4.39 Å². The molecule has 9 heteroatoms. The Bertz CT molecular complexity index is 1500. The minimum absolute atomic E-state index is 0.0544. The lowest BCUT2D eigenvalue weighted by Gasteiger charge is -2.48. The van der Waals surface area contributed by atoms with Gasteiger partial charge in [0, 0.05) is 11.3 Å². The van der Waals surface area contributed by atoms with Crippen LogP contribution in [0.15, 0.2) is 97.1 Å². The topological polar surface area (TPSA) is 118 Å². The van der Waals surface area contributed by atoms with Gasteiger partial charge in [-0.1, -0.05) is 54.6 Å². The molecule has 1 heterocycles. The van der Waals surface area contributed by atoms with Gasteiger partial charge in [-0.05, 0) is 65.6 Å². The van der Waals surface area contributed by atoms with Crippen LogP contribution in [-0.4, -0.2) is 25.9 Å². The van der Waals surface area contributed by atoms with E-state index in [4.69, 9.17) is 0 Å². The number of phenolic OH excluding ortho intramolecular Hbond substituents is 1. The lowest BCUT2D eigenvalue weighted by atomic mass is 9.77. The summed E-state index contributed by atoms with van der Waals surface area (Å²) in [6.45, 7) is 0. The van der Waals surface area contributed by atoms with E-state index in [1.807, 2.05) is 18.2 Å². The second kappa shape index (κ2) is 10.2. The first kappa shape index (κ1) is 25.8. The number of β-lactam (4-membered cyclic amide) rings is 1. The first-order chi connectivity index (χ1) is 18.1. The number of hydrogen-bond acceptors (Lipinski definition) is 4. The van der Waals surface area contributed by atoms with Gasteiger partial charge in [0.15, 0.2) is 0 Å². The third kappa shape index (κ3) is 4.99. The van der Waals surface area contributed by atoms with Crippen LogP contribution in [0.3, 0.4) is 0 Å². The Kier molecular flexibility index (Phi) is 6.90. The molecule has 1 fully saturated rings. The highest BCUT2D eigenvalue weighted by atomic mass is 31.2. The molecule has 7 nitrogen and oxygen atoms in total. The van der Waals surface area contributed by atoms with Gasteiger partial charge in [0.25, 0.3) is 0 Å². The van der Waals surface area contributed by atoms with Crippen molar-refractivity contribution < 1.29 is 33.7 Å². The molecule has 0 saturated carbocycles. The van der Waals surface area contributed by atoms with Crippen molar-refractivity contribution in [3.63, 3.8) is 0 Å². The average Bonchev–Trinajstić information content (AvgIpc) is 2.91. The minimum atomic E-state index is -4.37. The van der Waals surface area contributed by atoms with Crippen LogP contribution in [0, 0.1) is 11.7 Å². The number of aliphatic hydroxyl groups excluding tert-OH is 1. The van der Waals surface area contributed by atoms with Crippen LogP contribution in [0.25, 0.3) is 11.1 Å². The van der Waals surface area contributed by atoms with E-state index in [0.717, 1.165) is 0 Å². The Labute approximate surface area is 218 Å². The number of benzene rings is 4. The number of anilines is 1. The smallest absolute Gasteiger partial charge is 0.356 e. The van der Waals surface area contributed by atoms with Gasteiger partial charge in [0.1, 0.15) is 11.6 Å². The Morgan fingerprint density at radius 2 is 1.50 bits per heavy atom. The Balaban J connectivity index is 1.47. The molecule has 1 aliphatic rings. The van der Waals surface area contributed by atoms with Crippen molar-refractivity contribution in [2.45, 2.75) is 18.6 Å². The molecule has 0 radical (unpaired) electrons. The van der Waals surface area contributed by atoms with Gasteiger partial charge in [-0.15, -0.1) is 0 Å². The van der Waals surface area contributed by atoms with Crippen molar-refractivity contribution in [2.24, 2.45) is 5.92 Å². The van der Waals surface area contributed by atoms with E-state index in [2.05, 4.69) is 0 Å². The fourth-order valence-electron chi connectivity index (χ4n) is 4.89. The molecule has 3 unspecified atom stereocenters. The number of phenols is 1. The number of para-hydroxylation sites is 1. The Morgan fingerprint density at radius 1 is 0.868 bits per heavy atom. The van der Waals surface area contributed by atoms with E-state index in [1.54, 1.807) is 47.4 Å². The highest BCUT2D eigenvalue weighted by Crippen LogP contribution is 2.49. The van der Waals surface area contributed by atoms with Gasteiger partial charge >= 0.3 is 7.60 Å². The molecule has 0 aromatic heterocycles. The highest BCUT2D eigenvalue weighted by molar-refractivity contribution is 7.60. The monoisotopic (exact) mass is 533 g/mol. The molecule has 0 bridgehead atoms. The van der Waals surface area contributed by atoms with Crippen molar-refractivity contribution >= 4 is 24.5 Å². The summed E-state index contributed by atoms with van der Waals surface area (Å²) in [6.07, 6.45) is -0.914. The number of carbonyl (C=O) groups is 1. The highest BCUT2D eigenvalue weighted by Gasteiger charge is 2.50. The standard InChI is InChI=1S/C29H25FNO6P/c30-21-11-6-19(7-12-21)26(32)17-25-28(31(29(25)34)22-4-2-1-3-5-22)24-15-10-20(16-27(24)33)18-8-13-23(14-9-18)38(35,36)37/h1-16,25-26,28,32-33H,17H2,(H2,35,36,37). The summed E-state index contributed by atoms with van der Waals surface area (Å²) in [5.74, 6) is -1.30. The maximum Gasteiger partial charge on any atom is 0.356 e. The van der Waals surface area contributed by atoms with Crippen LogP contribution in [-0.2, 0) is 9.36 Å². The summed E-state index contributed by atoms with van der Waals surface area (Å²) in [6, 6.07) is 24.8. The van der Waals surface area contributed by atoms with Gasteiger partial charge in [0.2, 0.25) is 5.91 Å². The third-order valence-electron chi connectivity index (χ3n) is 6.87. The summed E-state index contributed by atoms with van der Waals surface area (Å²) in [7, 11) is -4.37. The number of aliphatic hydroxyl groups is 1. The van der Waals surface area contributed by atoms with E-state index in [9.17, 15) is 33.7 Å². The lowest BCUT2D eigenvalue weighted by molar-refractivity contribution is -0.132. The van der Waals surface area contributed by atoms with Crippen LogP contribution in [0.2, 0.25) is 0 Å². The summed E-state index contributed by atoms with van der Waals surface area (Å²) < 4.78 is 24.8. The summed E-state index contributed by atoms with van der Waals surface area (Å²) in [5.41, 5.74) is 2.93. The molecule has 1 aliphatic heterocycles. The number of rotatable bonds is 7. The molecule has 1 saturated heterocycles. The van der Waals surface area contributed by atoms with Crippen molar-refractivity contribution in [3.05, 3.63) is 114 Å². The Morgan fingerprint density at radius 3 is 2.11 bits per heavy atom. The predicted octanol–water partition coefficient (Wildman–Crippen LogP) is 4.83. The van der Waals surface area contributed by atoms with E-state index < -0.39 is 31.5 Å². The van der Waals surface area contributed by atoms with Gasteiger partial charge < -0.3 is 24.9 Å². The summed E-state index contributed by atoms with van der Waals surface area (Å²) in [5, 5.41) is 21.8. The first-order valence-corrected chi connectivity index (χ1v) is 13.6. The molecule has 4 N–H and O–H groups in total. The first-order valence-electron chi connectivity index (χ1n) is 11.9. The fourth-order valence-corrected chi connectivity index (χ4v) is 5.43. The predicted molar refractivity (Wildman–Crippen MR) is 141 cm³/mol. The van der Waals surface area contributed by atoms with Crippen LogP contribution in [0.5, 0.6) is 5.75 Å². The zero-order valence-corrected chi connectivity index (χ0v) is 20.9. The molecule has 38 heavy (non-hydrogen) atoms. The number of halogens is 1. The number of nitrogens with zero attached hydrogens (tertiary/aromatic N) is 1. The molecule has 0 spiro atoms. The third-order valence-corrected chi connectivity index (χ3v) is 7.84. The molecule has 1 amide bonds. The normalized spacial score (nSPS) is 18.2. The second-order valence-corrected chi connectivity index (χ2v) is 10.9. The molecular formula is C29H25FNO6P. The van der Waals surface area contributed by atoms with Crippen LogP contribution in [0.1, 0.15) is 29.7 Å². The minimum Gasteiger partial charge on any atom is -0.508 e. The van der Waals surface area contributed by atoms with Gasteiger partial charge in [-0.2, -0.15) is 0 Å². The molecule has 3 atom stereocenters. The SMILES string of the molecule is O=C1C(CC(O)c2ccc(F)cc2)C(c2ccc(-c3ccc(P(=O)(O)O)cc3)cc2O)N1c1ccccc1. The summed E-state index contributed by atoms with van der Waals surface area (Å²) in [4.78, 5) is 33.6. The van der Waals surface area contributed by atoms with Crippen LogP contribution in [0.4, 0.5) is 10.1 Å². The summed E-state index contributed by atoms with van der Waals surface area (Å²) >= 11 is 0. The maximum atomic E-state index is 13.3. The van der Waals surface area contributed by atoms with E-state index in [-0.39, 0.29) is 23.4 Å². The molecule has 4 aromatic rings. The van der Waals surface area contributed by atoms with Crippen molar-refractivity contribution in [1.29, 1.82) is 0 Å². The second-order valence-electron chi connectivity index (χ2n) is 9.26. The fraction of sp³-hybridized carbons (Fsp3) is 0.138. The van der Waals surface area contributed by atoms with Crippen molar-refractivity contribution in [1.82, 2.24) is 0 Å². The lowest BCUT2D eigenvalue weighted by Crippen LogP contribution is -2.55. The number of amides is 1. The number of carbonyl (C=O) groups excluding carboxylic acids is 1. The van der Waals surface area contributed by atoms with Crippen LogP contribution < -0.4 is 10.2 Å². The van der Waals surface area contributed by atoms with Gasteiger partial charge in [0.05, 0.1) is 23.4 Å². The zero-order valence-electron chi connectivity index (χ0n) is 20.1. The molecule has 194 valence electrons. The Hall–Kier alpha value is -3.81. The van der Waals surface area contributed by atoms with Crippen LogP contribution >= 0.6 is 7.60 Å². The zero-order chi connectivity index (χ0) is 27.0. The number of aromatic hydroxyl groups is 1. The quantitative estimate of drug-likeness (QED) is 0.200. The molecule has 5 rings (SSSR count). The van der Waals surface area contributed by atoms with Crippen molar-refractivity contribution in [2.75, 3.05) is 4.90 Å². The largest absolute Gasteiger partial charge is 0.508 e. The van der Waals surface area contributed by atoms with E-state index in [1.165, 1.54) is 36.4 Å². The molecule has 4 aromatic carbocycles. The number of hydrogen-bond donors (Lipinski definition) is 4.